The monoisotopic (exact) mass is 262 g/mol. The Hall–Kier alpha value is -1.09. The van der Waals surface area contributed by atoms with Crippen LogP contribution in [0.15, 0.2) is 18.3 Å². The second kappa shape index (κ2) is 5.12. The Labute approximate surface area is 116 Å². The molecule has 1 aromatic rings. The van der Waals surface area contributed by atoms with Crippen LogP contribution in [0.3, 0.4) is 0 Å². The first kappa shape index (κ1) is 14.3. The van der Waals surface area contributed by atoms with Crippen LogP contribution in [0.5, 0.6) is 0 Å². The van der Waals surface area contributed by atoms with Gasteiger partial charge < -0.3 is 10.1 Å². The zero-order chi connectivity index (χ0) is 14.1. The predicted octanol–water partition coefficient (Wildman–Crippen LogP) is 3.75. The molecule has 1 aliphatic rings. The van der Waals surface area contributed by atoms with Crippen molar-refractivity contribution in [3.8, 4) is 0 Å². The highest BCUT2D eigenvalue weighted by Gasteiger charge is 2.28. The van der Waals surface area contributed by atoms with Crippen LogP contribution in [0.4, 0.5) is 5.82 Å². The number of ether oxygens (including phenoxy) is 1. The first-order valence-corrected chi connectivity index (χ1v) is 7.13. The van der Waals surface area contributed by atoms with Crippen molar-refractivity contribution in [2.24, 2.45) is 0 Å². The quantitative estimate of drug-likeness (QED) is 0.881. The molecule has 1 unspecified atom stereocenters. The molecule has 3 nitrogen and oxygen atoms in total. The van der Waals surface area contributed by atoms with Gasteiger partial charge in [-0.15, -0.1) is 0 Å². The van der Waals surface area contributed by atoms with Gasteiger partial charge in [0.2, 0.25) is 0 Å². The van der Waals surface area contributed by atoms with Gasteiger partial charge in [0.25, 0.3) is 0 Å². The Bertz CT molecular complexity index is 417. The predicted molar refractivity (Wildman–Crippen MR) is 79.6 cm³/mol. The van der Waals surface area contributed by atoms with Gasteiger partial charge in [-0.25, -0.2) is 4.98 Å². The van der Waals surface area contributed by atoms with E-state index in [1.165, 1.54) is 5.56 Å². The van der Waals surface area contributed by atoms with E-state index in [0.717, 1.165) is 25.3 Å². The van der Waals surface area contributed by atoms with Crippen LogP contribution in [0.1, 0.15) is 53.0 Å². The van der Waals surface area contributed by atoms with Crippen molar-refractivity contribution in [2.45, 2.75) is 64.5 Å². The molecule has 0 radical (unpaired) electrons. The molecule has 19 heavy (non-hydrogen) atoms. The minimum Gasteiger partial charge on any atom is -0.375 e. The van der Waals surface area contributed by atoms with Crippen LogP contribution in [-0.2, 0) is 10.2 Å². The average molecular weight is 262 g/mol. The Balaban J connectivity index is 2.00. The molecule has 0 aliphatic carbocycles. The Morgan fingerprint density at radius 1 is 1.32 bits per heavy atom. The highest BCUT2D eigenvalue weighted by Crippen LogP contribution is 2.27. The molecule has 1 aromatic heterocycles. The zero-order valence-corrected chi connectivity index (χ0v) is 12.8. The lowest BCUT2D eigenvalue weighted by Gasteiger charge is -2.36. The van der Waals surface area contributed by atoms with Gasteiger partial charge in [-0.3, -0.25) is 0 Å². The third kappa shape index (κ3) is 3.93. The summed E-state index contributed by atoms with van der Waals surface area (Å²) in [6, 6.07) is 4.71. The summed E-state index contributed by atoms with van der Waals surface area (Å²) >= 11 is 0. The van der Waals surface area contributed by atoms with Crippen molar-refractivity contribution >= 4 is 5.82 Å². The smallest absolute Gasteiger partial charge is 0.126 e. The molecule has 1 N–H and O–H groups in total. The van der Waals surface area contributed by atoms with Crippen molar-refractivity contribution in [1.29, 1.82) is 0 Å². The van der Waals surface area contributed by atoms with Gasteiger partial charge in [-0.1, -0.05) is 26.8 Å². The molecule has 0 aromatic carbocycles. The molecule has 1 atom stereocenters. The Morgan fingerprint density at radius 3 is 2.58 bits per heavy atom. The van der Waals surface area contributed by atoms with Crippen LogP contribution in [0.25, 0.3) is 0 Å². The number of pyridine rings is 1. The van der Waals surface area contributed by atoms with E-state index in [0.29, 0.717) is 6.04 Å². The first-order valence-electron chi connectivity index (χ1n) is 7.13. The minimum absolute atomic E-state index is 0.0265. The summed E-state index contributed by atoms with van der Waals surface area (Å²) in [5.74, 6) is 0.968. The molecule has 2 rings (SSSR count). The minimum atomic E-state index is -0.0265. The van der Waals surface area contributed by atoms with Gasteiger partial charge >= 0.3 is 0 Å². The number of rotatable bonds is 2. The van der Waals surface area contributed by atoms with E-state index < -0.39 is 0 Å². The maximum absolute atomic E-state index is 5.74. The molecule has 2 heterocycles. The molecule has 0 bridgehead atoms. The highest BCUT2D eigenvalue weighted by atomic mass is 16.5. The van der Waals surface area contributed by atoms with Crippen LogP contribution < -0.4 is 5.32 Å². The van der Waals surface area contributed by atoms with Crippen molar-refractivity contribution in [1.82, 2.24) is 4.98 Å². The van der Waals surface area contributed by atoms with Crippen LogP contribution >= 0.6 is 0 Å². The van der Waals surface area contributed by atoms with E-state index >= 15 is 0 Å². The number of hydrogen-bond donors (Lipinski definition) is 1. The van der Waals surface area contributed by atoms with Gasteiger partial charge in [0.05, 0.1) is 5.60 Å². The van der Waals surface area contributed by atoms with Crippen LogP contribution in [-0.4, -0.2) is 23.2 Å². The summed E-state index contributed by atoms with van der Waals surface area (Å²) in [6.45, 7) is 11.7. The van der Waals surface area contributed by atoms with Gasteiger partial charge in [-0.05, 0) is 43.7 Å². The van der Waals surface area contributed by atoms with Crippen molar-refractivity contribution in [3.63, 3.8) is 0 Å². The molecule has 0 spiro atoms. The fourth-order valence-electron chi connectivity index (χ4n) is 2.49. The summed E-state index contributed by atoms with van der Waals surface area (Å²) < 4.78 is 5.74. The van der Waals surface area contributed by atoms with Crippen LogP contribution in [0.2, 0.25) is 0 Å². The SMILES string of the molecule is CC1(C)CC(Nc2ccc(C(C)(C)C)cn2)CCO1. The van der Waals surface area contributed by atoms with E-state index in [2.05, 4.69) is 57.1 Å². The fourth-order valence-corrected chi connectivity index (χ4v) is 2.49. The van der Waals surface area contributed by atoms with Gasteiger partial charge in [0, 0.05) is 18.8 Å². The first-order chi connectivity index (χ1) is 8.76. The van der Waals surface area contributed by atoms with E-state index in [1.807, 2.05) is 6.20 Å². The van der Waals surface area contributed by atoms with Crippen LogP contribution in [0, 0.1) is 0 Å². The topological polar surface area (TPSA) is 34.2 Å². The average Bonchev–Trinajstić information content (AvgIpc) is 2.27. The van der Waals surface area contributed by atoms with Crippen molar-refractivity contribution < 1.29 is 4.74 Å². The third-order valence-electron chi connectivity index (χ3n) is 3.68. The second-order valence-electron chi connectivity index (χ2n) is 7.12. The van der Waals surface area contributed by atoms with Gasteiger partial charge in [0.1, 0.15) is 5.82 Å². The summed E-state index contributed by atoms with van der Waals surface area (Å²) in [5.41, 5.74) is 1.40. The van der Waals surface area contributed by atoms with Crippen molar-refractivity contribution in [2.75, 3.05) is 11.9 Å². The normalized spacial score (nSPS) is 23.1. The molecular weight excluding hydrogens is 236 g/mol. The van der Waals surface area contributed by atoms with E-state index in [4.69, 9.17) is 4.74 Å². The Morgan fingerprint density at radius 2 is 2.05 bits per heavy atom. The summed E-state index contributed by atoms with van der Waals surface area (Å²) in [7, 11) is 0. The molecule has 106 valence electrons. The molecule has 1 fully saturated rings. The summed E-state index contributed by atoms with van der Waals surface area (Å²) in [5, 5.41) is 3.52. The molecule has 0 saturated carbocycles. The summed E-state index contributed by atoms with van der Waals surface area (Å²) in [6.07, 6.45) is 4.05. The lowest BCUT2D eigenvalue weighted by atomic mass is 9.88. The number of aromatic nitrogens is 1. The number of hydrogen-bond acceptors (Lipinski definition) is 3. The van der Waals surface area contributed by atoms with E-state index in [-0.39, 0.29) is 11.0 Å². The van der Waals surface area contributed by atoms with E-state index in [1.54, 1.807) is 0 Å². The van der Waals surface area contributed by atoms with Gasteiger partial charge in [-0.2, -0.15) is 0 Å². The molecule has 3 heteroatoms. The second-order valence-corrected chi connectivity index (χ2v) is 7.12. The largest absolute Gasteiger partial charge is 0.375 e. The van der Waals surface area contributed by atoms with Gasteiger partial charge in [0.15, 0.2) is 0 Å². The van der Waals surface area contributed by atoms with Crippen molar-refractivity contribution in [3.05, 3.63) is 23.9 Å². The summed E-state index contributed by atoms with van der Waals surface area (Å²) in [4.78, 5) is 4.54. The highest BCUT2D eigenvalue weighted by molar-refractivity contribution is 5.38. The lowest BCUT2D eigenvalue weighted by molar-refractivity contribution is -0.0553. The third-order valence-corrected chi connectivity index (χ3v) is 3.68. The Kier molecular flexibility index (Phi) is 3.86. The number of nitrogens with one attached hydrogen (secondary N) is 1. The number of nitrogens with zero attached hydrogens (tertiary/aromatic N) is 1. The molecule has 1 saturated heterocycles. The standard InChI is InChI=1S/C16H26N2O/c1-15(2,3)12-6-7-14(17-11-12)18-13-8-9-19-16(4,5)10-13/h6-7,11,13H,8-10H2,1-5H3,(H,17,18). The maximum Gasteiger partial charge on any atom is 0.126 e. The molecular formula is C16H26N2O. The number of anilines is 1. The lowest BCUT2D eigenvalue weighted by Crippen LogP contribution is -2.40. The fraction of sp³-hybridized carbons (Fsp3) is 0.688. The zero-order valence-electron chi connectivity index (χ0n) is 12.8. The molecule has 1 aliphatic heterocycles. The maximum atomic E-state index is 5.74. The molecule has 0 amide bonds. The van der Waals surface area contributed by atoms with E-state index in [9.17, 15) is 0 Å².